The number of carbonyl (C=O) groups is 1. The standard InChI is InChI=1S/C27H20BrClO2/c28-24-15-11-20(12-16-24)26(30)19-31-25-17-13-23(14-18-25)27(29,21-7-3-1-4-8-21)22-9-5-2-6-10-22/h1-18H,19H2. The summed E-state index contributed by atoms with van der Waals surface area (Å²) in [5.74, 6) is 0.547. The molecular formula is C27H20BrClO2. The summed E-state index contributed by atoms with van der Waals surface area (Å²) in [6.45, 7) is -0.0234. The lowest BCUT2D eigenvalue weighted by Crippen LogP contribution is -2.22. The highest BCUT2D eigenvalue weighted by Gasteiger charge is 2.33. The molecule has 0 fully saturated rings. The number of Topliss-reactive ketones (excluding diaryl/α,β-unsaturated/α-hetero) is 1. The van der Waals surface area contributed by atoms with Gasteiger partial charge in [-0.2, -0.15) is 0 Å². The highest BCUT2D eigenvalue weighted by atomic mass is 79.9. The molecule has 0 aromatic heterocycles. The lowest BCUT2D eigenvalue weighted by molar-refractivity contribution is 0.0921. The first-order chi connectivity index (χ1) is 15.1. The van der Waals surface area contributed by atoms with Gasteiger partial charge in [-0.25, -0.2) is 0 Å². The first-order valence-corrected chi connectivity index (χ1v) is 11.1. The van der Waals surface area contributed by atoms with E-state index in [4.69, 9.17) is 16.3 Å². The monoisotopic (exact) mass is 490 g/mol. The van der Waals surface area contributed by atoms with E-state index in [1.807, 2.05) is 97.1 Å². The normalized spacial score (nSPS) is 11.2. The van der Waals surface area contributed by atoms with Gasteiger partial charge in [0.2, 0.25) is 0 Å². The van der Waals surface area contributed by atoms with Crippen LogP contribution in [0.5, 0.6) is 5.75 Å². The van der Waals surface area contributed by atoms with E-state index in [1.165, 1.54) is 0 Å². The molecule has 0 N–H and O–H groups in total. The molecule has 4 aromatic carbocycles. The van der Waals surface area contributed by atoms with Crippen LogP contribution >= 0.6 is 27.5 Å². The number of hydrogen-bond donors (Lipinski definition) is 0. The van der Waals surface area contributed by atoms with Crippen LogP contribution in [0.3, 0.4) is 0 Å². The third kappa shape index (κ3) is 4.73. The van der Waals surface area contributed by atoms with Crippen molar-refractivity contribution >= 4 is 33.3 Å². The largest absolute Gasteiger partial charge is 0.485 e. The van der Waals surface area contributed by atoms with Crippen LogP contribution in [-0.4, -0.2) is 12.4 Å². The van der Waals surface area contributed by atoms with Crippen molar-refractivity contribution in [3.05, 3.63) is 136 Å². The second-order valence-electron chi connectivity index (χ2n) is 7.13. The number of ketones is 1. The van der Waals surface area contributed by atoms with Crippen molar-refractivity contribution in [2.45, 2.75) is 4.87 Å². The first-order valence-electron chi connectivity index (χ1n) is 9.89. The molecule has 4 aromatic rings. The average molecular weight is 492 g/mol. The summed E-state index contributed by atoms with van der Waals surface area (Å²) in [4.78, 5) is 11.5. The number of carbonyl (C=O) groups excluding carboxylic acids is 1. The zero-order valence-electron chi connectivity index (χ0n) is 16.7. The lowest BCUT2D eigenvalue weighted by atomic mass is 9.84. The number of benzene rings is 4. The minimum Gasteiger partial charge on any atom is -0.485 e. The van der Waals surface area contributed by atoms with Crippen LogP contribution in [-0.2, 0) is 4.87 Å². The molecule has 31 heavy (non-hydrogen) atoms. The molecule has 154 valence electrons. The van der Waals surface area contributed by atoms with Crippen LogP contribution < -0.4 is 4.74 Å². The zero-order valence-corrected chi connectivity index (χ0v) is 19.0. The Bertz CT molecular complexity index is 1100. The molecule has 0 unspecified atom stereocenters. The summed E-state index contributed by atoms with van der Waals surface area (Å²) in [5.41, 5.74) is 3.52. The summed E-state index contributed by atoms with van der Waals surface area (Å²) in [6.07, 6.45) is 0. The SMILES string of the molecule is O=C(COc1ccc(C(Cl)(c2ccccc2)c2ccccc2)cc1)c1ccc(Br)cc1. The molecule has 4 rings (SSSR count). The maximum Gasteiger partial charge on any atom is 0.200 e. The van der Waals surface area contributed by atoms with Gasteiger partial charge in [0, 0.05) is 10.0 Å². The van der Waals surface area contributed by atoms with Crippen LogP contribution in [0.15, 0.2) is 114 Å². The number of rotatable bonds is 7. The van der Waals surface area contributed by atoms with Crippen molar-refractivity contribution in [3.8, 4) is 5.75 Å². The van der Waals surface area contributed by atoms with Crippen molar-refractivity contribution in [2.75, 3.05) is 6.61 Å². The fourth-order valence-electron chi connectivity index (χ4n) is 3.48. The third-order valence-corrected chi connectivity index (χ3v) is 6.31. The molecule has 0 spiro atoms. The molecule has 0 aliphatic rings. The smallest absolute Gasteiger partial charge is 0.200 e. The lowest BCUT2D eigenvalue weighted by Gasteiger charge is -2.29. The number of ether oxygens (including phenoxy) is 1. The van der Waals surface area contributed by atoms with E-state index in [0.29, 0.717) is 11.3 Å². The highest BCUT2D eigenvalue weighted by molar-refractivity contribution is 9.10. The summed E-state index contributed by atoms with van der Waals surface area (Å²) in [7, 11) is 0. The van der Waals surface area contributed by atoms with Crippen LogP contribution in [0.2, 0.25) is 0 Å². The van der Waals surface area contributed by atoms with Gasteiger partial charge in [-0.3, -0.25) is 4.79 Å². The maximum atomic E-state index is 12.4. The predicted molar refractivity (Wildman–Crippen MR) is 129 cm³/mol. The molecule has 0 atom stereocenters. The van der Waals surface area contributed by atoms with Crippen molar-refractivity contribution in [1.29, 1.82) is 0 Å². The summed E-state index contributed by atoms with van der Waals surface area (Å²) < 4.78 is 6.66. The topological polar surface area (TPSA) is 26.3 Å². The minimum absolute atomic E-state index is 0.0234. The fraction of sp³-hybridized carbons (Fsp3) is 0.0741. The zero-order chi connectivity index (χ0) is 21.7. The van der Waals surface area contributed by atoms with E-state index >= 15 is 0 Å². The van der Waals surface area contributed by atoms with Gasteiger partial charge in [0.1, 0.15) is 10.6 Å². The Morgan fingerprint density at radius 2 is 1.19 bits per heavy atom. The van der Waals surface area contributed by atoms with Gasteiger partial charge in [0.25, 0.3) is 0 Å². The molecule has 0 saturated heterocycles. The van der Waals surface area contributed by atoms with Crippen molar-refractivity contribution in [1.82, 2.24) is 0 Å². The maximum absolute atomic E-state index is 12.4. The van der Waals surface area contributed by atoms with Crippen molar-refractivity contribution < 1.29 is 9.53 Å². The average Bonchev–Trinajstić information content (AvgIpc) is 2.84. The van der Waals surface area contributed by atoms with Crippen LogP contribution in [0.4, 0.5) is 0 Å². The van der Waals surface area contributed by atoms with Crippen molar-refractivity contribution in [2.24, 2.45) is 0 Å². The molecular weight excluding hydrogens is 472 g/mol. The van der Waals surface area contributed by atoms with Gasteiger partial charge < -0.3 is 4.74 Å². The van der Waals surface area contributed by atoms with E-state index in [1.54, 1.807) is 12.1 Å². The summed E-state index contributed by atoms with van der Waals surface area (Å²) >= 11 is 10.7. The Hall–Kier alpha value is -2.88. The Balaban J connectivity index is 1.56. The van der Waals surface area contributed by atoms with Crippen LogP contribution in [0, 0.1) is 0 Å². The van der Waals surface area contributed by atoms with Gasteiger partial charge in [-0.1, -0.05) is 101 Å². The quantitative estimate of drug-likeness (QED) is 0.155. The molecule has 4 heteroatoms. The first kappa shape index (κ1) is 21.4. The molecule has 0 heterocycles. The van der Waals surface area contributed by atoms with Gasteiger partial charge >= 0.3 is 0 Å². The van der Waals surface area contributed by atoms with E-state index in [2.05, 4.69) is 15.9 Å². The van der Waals surface area contributed by atoms with Gasteiger partial charge in [-0.15, -0.1) is 11.6 Å². The van der Waals surface area contributed by atoms with Crippen LogP contribution in [0.1, 0.15) is 27.0 Å². The highest BCUT2D eigenvalue weighted by Crippen LogP contribution is 2.43. The molecule has 0 aliphatic heterocycles. The molecule has 0 bridgehead atoms. The molecule has 2 nitrogen and oxygen atoms in total. The second kappa shape index (κ2) is 9.51. The summed E-state index contributed by atoms with van der Waals surface area (Å²) in [6, 6.07) is 34.9. The predicted octanol–water partition coefficient (Wildman–Crippen LogP) is 7.24. The fourth-order valence-corrected chi connectivity index (χ4v) is 4.13. The second-order valence-corrected chi connectivity index (χ2v) is 8.62. The Morgan fingerprint density at radius 3 is 1.71 bits per heavy atom. The van der Waals surface area contributed by atoms with E-state index < -0.39 is 4.87 Å². The molecule has 0 radical (unpaired) electrons. The Labute approximate surface area is 195 Å². The Morgan fingerprint density at radius 1 is 0.710 bits per heavy atom. The minimum atomic E-state index is -0.825. The number of halogens is 2. The summed E-state index contributed by atoms with van der Waals surface area (Å²) in [5, 5.41) is 0. The van der Waals surface area contributed by atoms with Gasteiger partial charge in [0.05, 0.1) is 0 Å². The third-order valence-electron chi connectivity index (χ3n) is 5.13. The number of alkyl halides is 1. The van der Waals surface area contributed by atoms with Gasteiger partial charge in [0.15, 0.2) is 12.4 Å². The molecule has 0 aliphatic carbocycles. The molecule has 0 saturated carbocycles. The van der Waals surface area contributed by atoms with E-state index in [0.717, 1.165) is 21.2 Å². The van der Waals surface area contributed by atoms with E-state index in [-0.39, 0.29) is 12.4 Å². The van der Waals surface area contributed by atoms with Crippen LogP contribution in [0.25, 0.3) is 0 Å². The molecule has 0 amide bonds. The van der Waals surface area contributed by atoms with Crippen molar-refractivity contribution in [3.63, 3.8) is 0 Å². The Kier molecular flexibility index (Phi) is 6.55. The number of hydrogen-bond acceptors (Lipinski definition) is 2. The van der Waals surface area contributed by atoms with Gasteiger partial charge in [-0.05, 0) is 41.0 Å². The van der Waals surface area contributed by atoms with E-state index in [9.17, 15) is 4.79 Å².